The SMILES string of the molecule is CCCNC1CCCN(c2ccccc2Br)C1=O. The molecule has 0 aliphatic carbocycles. The van der Waals surface area contributed by atoms with Crippen LogP contribution in [0.4, 0.5) is 5.69 Å². The quantitative estimate of drug-likeness (QED) is 0.927. The fraction of sp³-hybridized carbons (Fsp3) is 0.500. The molecule has 1 aromatic carbocycles. The van der Waals surface area contributed by atoms with Crippen LogP contribution in [0.5, 0.6) is 0 Å². The molecular formula is C14H19BrN2O. The number of rotatable bonds is 4. The molecule has 1 atom stereocenters. The minimum absolute atomic E-state index is 0.0224. The largest absolute Gasteiger partial charge is 0.310 e. The van der Waals surface area contributed by atoms with Gasteiger partial charge < -0.3 is 10.2 Å². The number of carbonyl (C=O) groups is 1. The Morgan fingerprint density at radius 2 is 2.22 bits per heavy atom. The Hall–Kier alpha value is -0.870. The number of nitrogens with one attached hydrogen (secondary N) is 1. The maximum Gasteiger partial charge on any atom is 0.244 e. The maximum atomic E-state index is 12.4. The van der Waals surface area contributed by atoms with Gasteiger partial charge in [0, 0.05) is 11.0 Å². The third kappa shape index (κ3) is 2.93. The first-order valence-electron chi connectivity index (χ1n) is 6.53. The van der Waals surface area contributed by atoms with E-state index in [2.05, 4.69) is 28.2 Å². The van der Waals surface area contributed by atoms with Gasteiger partial charge >= 0.3 is 0 Å². The van der Waals surface area contributed by atoms with E-state index in [1.165, 1.54) is 0 Å². The molecular weight excluding hydrogens is 292 g/mol. The van der Waals surface area contributed by atoms with E-state index in [4.69, 9.17) is 0 Å². The van der Waals surface area contributed by atoms with Gasteiger partial charge in [0.05, 0.1) is 11.7 Å². The molecule has 1 heterocycles. The molecule has 0 saturated carbocycles. The number of amides is 1. The summed E-state index contributed by atoms with van der Waals surface area (Å²) in [5.41, 5.74) is 0.977. The Balaban J connectivity index is 2.14. The summed E-state index contributed by atoms with van der Waals surface area (Å²) >= 11 is 3.52. The summed E-state index contributed by atoms with van der Waals surface area (Å²) in [7, 11) is 0. The summed E-state index contributed by atoms with van der Waals surface area (Å²) in [6, 6.07) is 7.88. The maximum absolute atomic E-state index is 12.4. The molecule has 1 fully saturated rings. The standard InChI is InChI=1S/C14H19BrN2O/c1-2-9-16-12-7-5-10-17(14(12)18)13-8-4-3-6-11(13)15/h3-4,6,8,12,16H,2,5,7,9-10H2,1H3. The molecule has 1 aliphatic heterocycles. The number of benzene rings is 1. The van der Waals surface area contributed by atoms with Crippen molar-refractivity contribution in [3.8, 4) is 0 Å². The van der Waals surface area contributed by atoms with Crippen molar-refractivity contribution in [2.24, 2.45) is 0 Å². The molecule has 0 bridgehead atoms. The Morgan fingerprint density at radius 3 is 2.94 bits per heavy atom. The zero-order valence-electron chi connectivity index (χ0n) is 10.7. The smallest absolute Gasteiger partial charge is 0.244 e. The van der Waals surface area contributed by atoms with Crippen LogP contribution in [-0.2, 0) is 4.79 Å². The van der Waals surface area contributed by atoms with Crippen LogP contribution in [-0.4, -0.2) is 25.0 Å². The lowest BCUT2D eigenvalue weighted by molar-refractivity contribution is -0.121. The summed E-state index contributed by atoms with van der Waals surface area (Å²) in [6.07, 6.45) is 3.05. The average molecular weight is 311 g/mol. The predicted molar refractivity (Wildman–Crippen MR) is 77.8 cm³/mol. The van der Waals surface area contributed by atoms with Crippen LogP contribution in [0.3, 0.4) is 0 Å². The van der Waals surface area contributed by atoms with Crippen LogP contribution in [0.15, 0.2) is 28.7 Å². The highest BCUT2D eigenvalue weighted by Crippen LogP contribution is 2.28. The van der Waals surface area contributed by atoms with Gasteiger partial charge in [0.15, 0.2) is 0 Å². The minimum Gasteiger partial charge on any atom is -0.310 e. The van der Waals surface area contributed by atoms with Crippen molar-refractivity contribution in [2.45, 2.75) is 32.2 Å². The fourth-order valence-electron chi connectivity index (χ4n) is 2.29. The highest BCUT2D eigenvalue weighted by molar-refractivity contribution is 9.10. The number of piperidine rings is 1. The van der Waals surface area contributed by atoms with Gasteiger partial charge in [0.2, 0.25) is 5.91 Å². The fourth-order valence-corrected chi connectivity index (χ4v) is 2.79. The highest BCUT2D eigenvalue weighted by Gasteiger charge is 2.29. The Labute approximate surface area is 117 Å². The number of carbonyl (C=O) groups excluding carboxylic acids is 1. The van der Waals surface area contributed by atoms with E-state index in [1.807, 2.05) is 29.2 Å². The molecule has 2 rings (SSSR count). The molecule has 0 spiro atoms. The average Bonchev–Trinajstić information content (AvgIpc) is 2.39. The Kier molecular flexibility index (Phi) is 4.78. The van der Waals surface area contributed by atoms with Crippen LogP contribution >= 0.6 is 15.9 Å². The zero-order valence-corrected chi connectivity index (χ0v) is 12.2. The summed E-state index contributed by atoms with van der Waals surface area (Å²) in [5, 5.41) is 3.33. The van der Waals surface area contributed by atoms with Crippen LogP contribution < -0.4 is 10.2 Å². The predicted octanol–water partition coefficient (Wildman–Crippen LogP) is 2.94. The number of halogens is 1. The summed E-state index contributed by atoms with van der Waals surface area (Å²) < 4.78 is 0.981. The Morgan fingerprint density at radius 1 is 1.44 bits per heavy atom. The van der Waals surface area contributed by atoms with Crippen molar-refractivity contribution in [1.82, 2.24) is 5.32 Å². The molecule has 0 radical (unpaired) electrons. The van der Waals surface area contributed by atoms with E-state index in [-0.39, 0.29) is 11.9 Å². The van der Waals surface area contributed by atoms with Gasteiger partial charge in [-0.05, 0) is 53.9 Å². The van der Waals surface area contributed by atoms with Gasteiger partial charge in [0.25, 0.3) is 0 Å². The molecule has 4 heteroatoms. The molecule has 3 nitrogen and oxygen atoms in total. The van der Waals surface area contributed by atoms with E-state index < -0.39 is 0 Å². The Bertz CT molecular complexity index is 422. The van der Waals surface area contributed by atoms with Gasteiger partial charge in [-0.15, -0.1) is 0 Å². The number of hydrogen-bond acceptors (Lipinski definition) is 2. The van der Waals surface area contributed by atoms with Crippen molar-refractivity contribution < 1.29 is 4.79 Å². The third-order valence-electron chi connectivity index (χ3n) is 3.22. The normalized spacial score (nSPS) is 20.2. The molecule has 0 aromatic heterocycles. The van der Waals surface area contributed by atoms with Crippen LogP contribution in [0, 0.1) is 0 Å². The molecule has 1 N–H and O–H groups in total. The molecule has 1 saturated heterocycles. The van der Waals surface area contributed by atoms with Crippen LogP contribution in [0.1, 0.15) is 26.2 Å². The lowest BCUT2D eigenvalue weighted by Gasteiger charge is -2.33. The van der Waals surface area contributed by atoms with E-state index >= 15 is 0 Å². The summed E-state index contributed by atoms with van der Waals surface area (Å²) in [6.45, 7) is 3.83. The minimum atomic E-state index is -0.0224. The van der Waals surface area contributed by atoms with Gasteiger partial charge in [-0.25, -0.2) is 0 Å². The van der Waals surface area contributed by atoms with Crippen molar-refractivity contribution in [2.75, 3.05) is 18.0 Å². The van der Waals surface area contributed by atoms with Crippen molar-refractivity contribution >= 4 is 27.5 Å². The molecule has 98 valence electrons. The number of para-hydroxylation sites is 1. The lowest BCUT2D eigenvalue weighted by Crippen LogP contribution is -2.51. The molecule has 1 aliphatic rings. The van der Waals surface area contributed by atoms with Crippen LogP contribution in [0.25, 0.3) is 0 Å². The van der Waals surface area contributed by atoms with Crippen molar-refractivity contribution in [3.63, 3.8) is 0 Å². The van der Waals surface area contributed by atoms with E-state index in [1.54, 1.807) is 0 Å². The van der Waals surface area contributed by atoms with E-state index in [0.717, 1.165) is 42.5 Å². The first-order chi connectivity index (χ1) is 8.74. The monoisotopic (exact) mass is 310 g/mol. The zero-order chi connectivity index (χ0) is 13.0. The highest BCUT2D eigenvalue weighted by atomic mass is 79.9. The van der Waals surface area contributed by atoms with E-state index in [0.29, 0.717) is 0 Å². The van der Waals surface area contributed by atoms with Crippen LogP contribution in [0.2, 0.25) is 0 Å². The second kappa shape index (κ2) is 6.34. The number of nitrogens with zero attached hydrogens (tertiary/aromatic N) is 1. The first-order valence-corrected chi connectivity index (χ1v) is 7.32. The van der Waals surface area contributed by atoms with Gasteiger partial charge in [-0.3, -0.25) is 4.79 Å². The summed E-state index contributed by atoms with van der Waals surface area (Å²) in [5.74, 6) is 0.196. The lowest BCUT2D eigenvalue weighted by atomic mass is 10.0. The second-order valence-corrected chi connectivity index (χ2v) is 5.44. The molecule has 1 aromatic rings. The number of hydrogen-bond donors (Lipinski definition) is 1. The second-order valence-electron chi connectivity index (χ2n) is 4.59. The first kappa shape index (κ1) is 13.6. The number of anilines is 1. The van der Waals surface area contributed by atoms with Crippen molar-refractivity contribution in [1.29, 1.82) is 0 Å². The van der Waals surface area contributed by atoms with Gasteiger partial charge in [-0.2, -0.15) is 0 Å². The topological polar surface area (TPSA) is 32.3 Å². The molecule has 1 amide bonds. The summed E-state index contributed by atoms with van der Waals surface area (Å²) in [4.78, 5) is 14.3. The van der Waals surface area contributed by atoms with Crippen molar-refractivity contribution in [3.05, 3.63) is 28.7 Å². The molecule has 1 unspecified atom stereocenters. The third-order valence-corrected chi connectivity index (χ3v) is 3.89. The van der Waals surface area contributed by atoms with Gasteiger partial charge in [-0.1, -0.05) is 19.1 Å². The van der Waals surface area contributed by atoms with E-state index in [9.17, 15) is 4.79 Å². The molecule has 18 heavy (non-hydrogen) atoms. The van der Waals surface area contributed by atoms with Gasteiger partial charge in [0.1, 0.15) is 0 Å².